The van der Waals surface area contributed by atoms with Crippen LogP contribution in [0.4, 0.5) is 4.39 Å². The van der Waals surface area contributed by atoms with Crippen molar-refractivity contribution in [3.63, 3.8) is 0 Å². The van der Waals surface area contributed by atoms with Crippen molar-refractivity contribution in [1.82, 2.24) is 26.6 Å². The van der Waals surface area contributed by atoms with Gasteiger partial charge >= 0.3 is 0 Å². The number of alkyl halides is 1. The number of fused-ring (bicyclic) bond motifs is 1. The van der Waals surface area contributed by atoms with Crippen molar-refractivity contribution in [2.75, 3.05) is 26.7 Å². The van der Waals surface area contributed by atoms with Gasteiger partial charge in [-0.2, -0.15) is 0 Å². The molecular weight excluding hydrogens is 357 g/mol. The van der Waals surface area contributed by atoms with E-state index in [1.54, 1.807) is 0 Å². The molecule has 0 bridgehead atoms. The fourth-order valence-corrected chi connectivity index (χ4v) is 5.66. The van der Waals surface area contributed by atoms with Gasteiger partial charge in [-0.15, -0.1) is 0 Å². The lowest BCUT2D eigenvalue weighted by Crippen LogP contribution is -2.69. The van der Waals surface area contributed by atoms with E-state index in [0.717, 1.165) is 45.4 Å². The summed E-state index contributed by atoms with van der Waals surface area (Å²) in [5, 5.41) is 17.4. The summed E-state index contributed by atoms with van der Waals surface area (Å²) in [7, 11) is 1.97. The van der Waals surface area contributed by atoms with Gasteiger partial charge in [-0.25, -0.2) is 4.39 Å². The van der Waals surface area contributed by atoms with Gasteiger partial charge in [0.2, 0.25) is 0 Å². The summed E-state index contributed by atoms with van der Waals surface area (Å²) < 4.78 is 22.1. The maximum absolute atomic E-state index is 16.0. The third-order valence-electron chi connectivity index (χ3n) is 7.21. The maximum Gasteiger partial charge on any atom is 0.124 e. The van der Waals surface area contributed by atoms with Gasteiger partial charge in [-0.1, -0.05) is 18.6 Å². The second kappa shape index (κ2) is 9.06. The molecule has 4 aliphatic rings. The average molecular weight is 396 g/mol. The number of halogens is 1. The van der Waals surface area contributed by atoms with Gasteiger partial charge in [0, 0.05) is 31.2 Å². The Labute approximate surface area is 168 Å². The molecule has 0 spiro atoms. The number of ether oxygens (including phenoxy) is 1. The van der Waals surface area contributed by atoms with Crippen molar-refractivity contribution in [3.8, 4) is 0 Å². The second-order valence-corrected chi connectivity index (χ2v) is 9.25. The Hall–Kier alpha value is -0.570. The van der Waals surface area contributed by atoms with Crippen LogP contribution in [0, 0.1) is 17.8 Å². The Morgan fingerprint density at radius 1 is 1.21 bits per heavy atom. The summed E-state index contributed by atoms with van der Waals surface area (Å²) in [4.78, 5) is 0. The van der Waals surface area contributed by atoms with E-state index in [4.69, 9.17) is 4.74 Å². The highest BCUT2D eigenvalue weighted by Crippen LogP contribution is 2.46. The molecule has 0 aromatic heterocycles. The standard InChI is InChI=1S/C21H38FN5O/c1-12-11-28-20-15(12)10-16(26-21-25-13(2)9-17(23-3)27-21)19(22)18(20)14-5-4-7-24-8-6-14/h6,12-13,15-21,23-27H,4-5,7-11H2,1-3H3. The molecule has 3 fully saturated rings. The minimum atomic E-state index is -0.926. The van der Waals surface area contributed by atoms with Crippen LogP contribution in [0.3, 0.4) is 0 Å². The van der Waals surface area contributed by atoms with Crippen LogP contribution in [0.1, 0.15) is 39.5 Å². The van der Waals surface area contributed by atoms with Crippen LogP contribution in [-0.4, -0.2) is 63.6 Å². The number of rotatable bonds is 4. The van der Waals surface area contributed by atoms with Crippen LogP contribution in [0.25, 0.3) is 0 Å². The zero-order valence-electron chi connectivity index (χ0n) is 17.5. The summed E-state index contributed by atoms with van der Waals surface area (Å²) in [6, 6.07) is 0.214. The second-order valence-electron chi connectivity index (χ2n) is 9.25. The van der Waals surface area contributed by atoms with Crippen LogP contribution < -0.4 is 26.6 Å². The van der Waals surface area contributed by atoms with E-state index >= 15 is 4.39 Å². The SMILES string of the molecule is CNC1CC(C)NC(NC2CC3C(C)COC3C(C3=CCNCCC3)C2F)N1. The van der Waals surface area contributed by atoms with E-state index in [2.05, 4.69) is 46.5 Å². The monoisotopic (exact) mass is 395 g/mol. The maximum atomic E-state index is 16.0. The van der Waals surface area contributed by atoms with E-state index in [-0.39, 0.29) is 30.5 Å². The van der Waals surface area contributed by atoms with E-state index in [9.17, 15) is 0 Å². The molecule has 7 heteroatoms. The van der Waals surface area contributed by atoms with Gasteiger partial charge in [-0.05, 0) is 58.0 Å². The number of hydrogen-bond donors (Lipinski definition) is 5. The van der Waals surface area contributed by atoms with Crippen molar-refractivity contribution in [2.45, 2.75) is 76.3 Å². The van der Waals surface area contributed by atoms with Crippen molar-refractivity contribution >= 4 is 0 Å². The number of nitrogens with one attached hydrogen (secondary N) is 5. The van der Waals surface area contributed by atoms with Crippen molar-refractivity contribution in [2.24, 2.45) is 17.8 Å². The molecule has 28 heavy (non-hydrogen) atoms. The lowest BCUT2D eigenvalue weighted by Gasteiger charge is -2.45. The molecule has 1 saturated carbocycles. The summed E-state index contributed by atoms with van der Waals surface area (Å²) in [6.07, 6.45) is 5.40. The average Bonchev–Trinajstić information content (AvgIpc) is 2.88. The van der Waals surface area contributed by atoms with Crippen LogP contribution in [-0.2, 0) is 4.74 Å². The Balaban J connectivity index is 1.51. The molecule has 4 rings (SSSR count). The van der Waals surface area contributed by atoms with Gasteiger partial charge < -0.3 is 15.4 Å². The molecule has 9 atom stereocenters. The molecular formula is C21H38FN5O. The predicted octanol–water partition coefficient (Wildman–Crippen LogP) is 1.06. The van der Waals surface area contributed by atoms with Crippen LogP contribution in [0.15, 0.2) is 11.6 Å². The minimum Gasteiger partial charge on any atom is -0.377 e. The van der Waals surface area contributed by atoms with Crippen LogP contribution >= 0.6 is 0 Å². The topological polar surface area (TPSA) is 69.4 Å². The molecule has 3 heterocycles. The Kier molecular flexibility index (Phi) is 6.70. The first-order valence-electron chi connectivity index (χ1n) is 11.2. The fraction of sp³-hybridized carbons (Fsp3) is 0.905. The molecule has 0 aromatic carbocycles. The summed E-state index contributed by atoms with van der Waals surface area (Å²) >= 11 is 0. The molecule has 9 unspecified atom stereocenters. The molecule has 0 radical (unpaired) electrons. The Bertz CT molecular complexity index is 561. The van der Waals surface area contributed by atoms with Crippen molar-refractivity contribution < 1.29 is 9.13 Å². The minimum absolute atomic E-state index is 0.0312. The predicted molar refractivity (Wildman–Crippen MR) is 109 cm³/mol. The van der Waals surface area contributed by atoms with Gasteiger partial charge in [-0.3, -0.25) is 16.0 Å². The largest absolute Gasteiger partial charge is 0.377 e. The number of hydrogen-bond acceptors (Lipinski definition) is 6. The van der Waals surface area contributed by atoms with E-state index in [1.165, 1.54) is 5.57 Å². The van der Waals surface area contributed by atoms with E-state index < -0.39 is 6.17 Å². The molecule has 2 saturated heterocycles. The van der Waals surface area contributed by atoms with Crippen LogP contribution in [0.2, 0.25) is 0 Å². The van der Waals surface area contributed by atoms with Gasteiger partial charge in [0.05, 0.1) is 12.3 Å². The van der Waals surface area contributed by atoms with Crippen molar-refractivity contribution in [3.05, 3.63) is 11.6 Å². The Morgan fingerprint density at radius 2 is 2.07 bits per heavy atom. The summed E-state index contributed by atoms with van der Waals surface area (Å²) in [5.74, 6) is 0.792. The zero-order chi connectivity index (χ0) is 19.7. The third kappa shape index (κ3) is 4.30. The Morgan fingerprint density at radius 3 is 2.89 bits per heavy atom. The highest BCUT2D eigenvalue weighted by atomic mass is 19.1. The van der Waals surface area contributed by atoms with E-state index in [1.807, 2.05) is 7.05 Å². The summed E-state index contributed by atoms with van der Waals surface area (Å²) in [6.45, 7) is 7.06. The van der Waals surface area contributed by atoms with Crippen molar-refractivity contribution in [1.29, 1.82) is 0 Å². The lowest BCUT2D eigenvalue weighted by molar-refractivity contribution is -0.0269. The van der Waals surface area contributed by atoms with Gasteiger partial charge in [0.15, 0.2) is 0 Å². The molecule has 160 valence electrons. The lowest BCUT2D eigenvalue weighted by atomic mass is 9.68. The highest BCUT2D eigenvalue weighted by molar-refractivity contribution is 5.19. The molecule has 6 nitrogen and oxygen atoms in total. The van der Waals surface area contributed by atoms with Crippen LogP contribution in [0.5, 0.6) is 0 Å². The smallest absolute Gasteiger partial charge is 0.124 e. The van der Waals surface area contributed by atoms with Gasteiger partial charge in [0.1, 0.15) is 12.5 Å². The molecule has 1 aliphatic carbocycles. The highest BCUT2D eigenvalue weighted by Gasteiger charge is 2.51. The fourth-order valence-electron chi connectivity index (χ4n) is 5.66. The molecule has 5 N–H and O–H groups in total. The first kappa shape index (κ1) is 20.7. The third-order valence-corrected chi connectivity index (χ3v) is 7.21. The van der Waals surface area contributed by atoms with Gasteiger partial charge in [0.25, 0.3) is 0 Å². The quantitative estimate of drug-likeness (QED) is 0.459. The summed E-state index contributed by atoms with van der Waals surface area (Å²) in [5.41, 5.74) is 1.26. The van der Waals surface area contributed by atoms with E-state index in [0.29, 0.717) is 17.9 Å². The first-order chi connectivity index (χ1) is 13.6. The normalized spacial score (nSPS) is 47.3. The molecule has 3 aliphatic heterocycles. The zero-order valence-corrected chi connectivity index (χ0v) is 17.5. The first-order valence-corrected chi connectivity index (χ1v) is 11.2. The molecule has 0 amide bonds. The molecule has 0 aromatic rings.